The van der Waals surface area contributed by atoms with Gasteiger partial charge in [-0.25, -0.2) is 9.97 Å². The van der Waals surface area contributed by atoms with E-state index >= 15 is 0 Å². The molecule has 0 atom stereocenters. The fraction of sp³-hybridized carbons (Fsp3) is 0.565. The molecule has 0 radical (unpaired) electrons. The van der Waals surface area contributed by atoms with E-state index in [9.17, 15) is 9.59 Å². The number of likely N-dealkylation sites (tertiary alicyclic amines) is 1. The van der Waals surface area contributed by atoms with Crippen LogP contribution < -0.4 is 4.90 Å². The van der Waals surface area contributed by atoms with Crippen LogP contribution in [-0.2, 0) is 23.2 Å². The van der Waals surface area contributed by atoms with E-state index in [1.54, 1.807) is 0 Å². The molecule has 8 nitrogen and oxygen atoms in total. The average molecular weight is 424 g/mol. The molecule has 2 aromatic rings. The van der Waals surface area contributed by atoms with Gasteiger partial charge in [-0.2, -0.15) is 0 Å². The molecule has 4 heterocycles. The molecule has 1 aliphatic carbocycles. The number of ketones is 1. The van der Waals surface area contributed by atoms with E-state index in [0.29, 0.717) is 50.6 Å². The number of anilines is 1. The normalized spacial score (nSPS) is 19.8. The average Bonchev–Trinajstić information content (AvgIpc) is 3.11. The van der Waals surface area contributed by atoms with Gasteiger partial charge in [0.1, 0.15) is 11.3 Å². The maximum Gasteiger partial charge on any atom is 0.270 e. The monoisotopic (exact) mass is 423 g/mol. The summed E-state index contributed by atoms with van der Waals surface area (Å²) in [6, 6.07) is 0. The summed E-state index contributed by atoms with van der Waals surface area (Å²) >= 11 is 0. The first-order chi connectivity index (χ1) is 14.9. The first kappa shape index (κ1) is 20.2. The predicted octanol–water partition coefficient (Wildman–Crippen LogP) is 2.40. The van der Waals surface area contributed by atoms with Crippen LogP contribution in [0.15, 0.2) is 6.20 Å². The van der Waals surface area contributed by atoms with Crippen LogP contribution in [0, 0.1) is 6.92 Å². The lowest BCUT2D eigenvalue weighted by Gasteiger charge is -2.44. The van der Waals surface area contributed by atoms with E-state index in [-0.39, 0.29) is 11.7 Å². The van der Waals surface area contributed by atoms with Gasteiger partial charge in [0.15, 0.2) is 5.78 Å². The maximum absolute atomic E-state index is 13.3. The standard InChI is InChI=1S/C23H29N5O3/c1-14-18-16(5-4-6-17(18)29)25-19(14)21(30)28-10-8-23(9-11-28)20-15(7-12-31-23)13-24-22(26-20)27(2)3/h13,25H,4-12H2,1-3H3. The number of nitrogens with zero attached hydrogens (tertiary/aromatic N) is 4. The number of aromatic nitrogens is 3. The van der Waals surface area contributed by atoms with Gasteiger partial charge in [-0.3, -0.25) is 9.59 Å². The number of aryl methyl sites for hydroxylation is 1. The van der Waals surface area contributed by atoms with Crippen LogP contribution in [0.1, 0.15) is 69.0 Å². The lowest BCUT2D eigenvalue weighted by Crippen LogP contribution is -2.49. The molecule has 2 aliphatic heterocycles. The van der Waals surface area contributed by atoms with Crippen molar-refractivity contribution in [2.24, 2.45) is 0 Å². The molecule has 164 valence electrons. The number of carbonyl (C=O) groups excluding carboxylic acids is 2. The highest BCUT2D eigenvalue weighted by molar-refractivity contribution is 6.04. The number of rotatable bonds is 2. The smallest absolute Gasteiger partial charge is 0.270 e. The number of H-pyrrole nitrogens is 1. The van der Waals surface area contributed by atoms with Crippen molar-refractivity contribution in [3.63, 3.8) is 0 Å². The molecule has 1 spiro atoms. The summed E-state index contributed by atoms with van der Waals surface area (Å²) in [7, 11) is 3.87. The van der Waals surface area contributed by atoms with Gasteiger partial charge in [0, 0.05) is 51.1 Å². The maximum atomic E-state index is 13.3. The molecule has 0 bridgehead atoms. The summed E-state index contributed by atoms with van der Waals surface area (Å²) in [5.74, 6) is 0.803. The molecule has 1 fully saturated rings. The van der Waals surface area contributed by atoms with Crippen molar-refractivity contribution >= 4 is 17.6 Å². The number of ether oxygens (including phenoxy) is 1. The highest BCUT2D eigenvalue weighted by Gasteiger charge is 2.44. The highest BCUT2D eigenvalue weighted by Crippen LogP contribution is 2.41. The first-order valence-corrected chi connectivity index (χ1v) is 11.1. The van der Waals surface area contributed by atoms with E-state index < -0.39 is 5.60 Å². The van der Waals surface area contributed by atoms with E-state index in [1.807, 2.05) is 37.0 Å². The minimum absolute atomic E-state index is 0.0257. The molecule has 0 saturated carbocycles. The third-order valence-electron chi connectivity index (χ3n) is 6.94. The van der Waals surface area contributed by atoms with Crippen LogP contribution in [0.4, 0.5) is 5.95 Å². The largest absolute Gasteiger partial charge is 0.368 e. The molecule has 1 saturated heterocycles. The third-order valence-corrected chi connectivity index (χ3v) is 6.94. The van der Waals surface area contributed by atoms with Crippen LogP contribution in [0.3, 0.4) is 0 Å². The van der Waals surface area contributed by atoms with Crippen LogP contribution in [0.5, 0.6) is 0 Å². The molecule has 5 rings (SSSR count). The molecule has 3 aliphatic rings. The number of aromatic amines is 1. The Kier molecular flexibility index (Phi) is 4.84. The molecular weight excluding hydrogens is 394 g/mol. The number of amides is 1. The Morgan fingerprint density at radius 2 is 2.00 bits per heavy atom. The number of piperidine rings is 1. The van der Waals surface area contributed by atoms with Crippen molar-refractivity contribution in [1.29, 1.82) is 0 Å². The third kappa shape index (κ3) is 3.24. The van der Waals surface area contributed by atoms with Crippen LogP contribution >= 0.6 is 0 Å². The van der Waals surface area contributed by atoms with Gasteiger partial charge in [-0.1, -0.05) is 0 Å². The number of hydrogen-bond donors (Lipinski definition) is 1. The van der Waals surface area contributed by atoms with E-state index in [0.717, 1.165) is 47.3 Å². The predicted molar refractivity (Wildman–Crippen MR) is 116 cm³/mol. The summed E-state index contributed by atoms with van der Waals surface area (Å²) in [5.41, 5.74) is 4.68. The number of hydrogen-bond acceptors (Lipinski definition) is 6. The van der Waals surface area contributed by atoms with Gasteiger partial charge < -0.3 is 19.5 Å². The molecule has 31 heavy (non-hydrogen) atoms. The van der Waals surface area contributed by atoms with Gasteiger partial charge in [0.05, 0.1) is 12.3 Å². The Balaban J connectivity index is 1.38. The van der Waals surface area contributed by atoms with Crippen molar-refractivity contribution < 1.29 is 14.3 Å². The Bertz CT molecular complexity index is 1050. The summed E-state index contributed by atoms with van der Waals surface area (Å²) in [5, 5.41) is 0. The number of carbonyl (C=O) groups is 2. The Labute approximate surface area is 182 Å². The minimum Gasteiger partial charge on any atom is -0.368 e. The Hall–Kier alpha value is -2.74. The molecule has 0 aromatic carbocycles. The quantitative estimate of drug-likeness (QED) is 0.798. The summed E-state index contributed by atoms with van der Waals surface area (Å²) in [6.07, 6.45) is 6.38. The zero-order valence-electron chi connectivity index (χ0n) is 18.5. The molecule has 8 heteroatoms. The number of nitrogens with one attached hydrogen (secondary N) is 1. The van der Waals surface area contributed by atoms with Crippen LogP contribution in [0.25, 0.3) is 0 Å². The molecular formula is C23H29N5O3. The second-order valence-electron chi connectivity index (χ2n) is 9.08. The van der Waals surface area contributed by atoms with E-state index in [2.05, 4.69) is 9.97 Å². The first-order valence-electron chi connectivity index (χ1n) is 11.1. The van der Waals surface area contributed by atoms with Crippen LogP contribution in [0.2, 0.25) is 0 Å². The van der Waals surface area contributed by atoms with Gasteiger partial charge in [0.2, 0.25) is 5.95 Å². The fourth-order valence-corrected chi connectivity index (χ4v) is 5.21. The van der Waals surface area contributed by atoms with Gasteiger partial charge in [0.25, 0.3) is 5.91 Å². The topological polar surface area (TPSA) is 91.4 Å². The molecule has 1 N–H and O–H groups in total. The van der Waals surface area contributed by atoms with E-state index in [4.69, 9.17) is 9.72 Å². The second kappa shape index (κ2) is 7.44. The second-order valence-corrected chi connectivity index (χ2v) is 9.08. The minimum atomic E-state index is -0.460. The lowest BCUT2D eigenvalue weighted by molar-refractivity contribution is -0.0967. The zero-order valence-corrected chi connectivity index (χ0v) is 18.5. The highest BCUT2D eigenvalue weighted by atomic mass is 16.5. The van der Waals surface area contributed by atoms with Crippen molar-refractivity contribution in [2.45, 2.75) is 51.0 Å². The van der Waals surface area contributed by atoms with Gasteiger partial charge in [-0.15, -0.1) is 0 Å². The van der Waals surface area contributed by atoms with E-state index in [1.165, 1.54) is 0 Å². The fourth-order valence-electron chi connectivity index (χ4n) is 5.21. The van der Waals surface area contributed by atoms with Crippen LogP contribution in [-0.4, -0.2) is 65.3 Å². The number of fused-ring (bicyclic) bond motifs is 3. The SMILES string of the molecule is Cc1c(C(=O)N2CCC3(CC2)OCCc2cnc(N(C)C)nc23)[nH]c2c1C(=O)CCC2. The Morgan fingerprint density at radius 1 is 1.23 bits per heavy atom. The van der Waals surface area contributed by atoms with Gasteiger partial charge >= 0.3 is 0 Å². The van der Waals surface area contributed by atoms with Crippen molar-refractivity contribution in [3.05, 3.63) is 40.0 Å². The molecule has 1 amide bonds. The summed E-state index contributed by atoms with van der Waals surface area (Å²) < 4.78 is 6.31. The van der Waals surface area contributed by atoms with Crippen molar-refractivity contribution in [3.8, 4) is 0 Å². The molecule has 2 aromatic heterocycles. The summed E-state index contributed by atoms with van der Waals surface area (Å²) in [4.78, 5) is 42.0. The summed E-state index contributed by atoms with van der Waals surface area (Å²) in [6.45, 7) is 3.72. The number of Topliss-reactive ketones (excluding diaryl/α,β-unsaturated/α-hetero) is 1. The molecule has 0 unspecified atom stereocenters. The van der Waals surface area contributed by atoms with Crippen molar-refractivity contribution in [2.75, 3.05) is 38.7 Å². The Morgan fingerprint density at radius 3 is 2.71 bits per heavy atom. The lowest BCUT2D eigenvalue weighted by atomic mass is 9.83. The van der Waals surface area contributed by atoms with Crippen molar-refractivity contribution in [1.82, 2.24) is 19.9 Å². The zero-order chi connectivity index (χ0) is 21.8. The van der Waals surface area contributed by atoms with Gasteiger partial charge in [-0.05, 0) is 50.2 Å².